The monoisotopic (exact) mass is 295 g/mol. The zero-order chi connectivity index (χ0) is 11.7. The van der Waals surface area contributed by atoms with Crippen LogP contribution in [0.5, 0.6) is 5.75 Å². The van der Waals surface area contributed by atoms with E-state index >= 15 is 0 Å². The average molecular weight is 296 g/mol. The molecular formula is C14H18BrNO. The second-order valence-electron chi connectivity index (χ2n) is 5.02. The Bertz CT molecular complexity index is 397. The van der Waals surface area contributed by atoms with Gasteiger partial charge in [0.2, 0.25) is 0 Å². The summed E-state index contributed by atoms with van der Waals surface area (Å²) < 4.78 is 7.18. The summed E-state index contributed by atoms with van der Waals surface area (Å²) in [5.41, 5.74) is 1.40. The van der Waals surface area contributed by atoms with E-state index in [9.17, 15) is 0 Å². The fourth-order valence-corrected chi connectivity index (χ4v) is 2.82. The fraction of sp³-hybridized carbons (Fsp3) is 0.571. The smallest absolute Gasteiger partial charge is 0.123 e. The molecule has 0 aromatic heterocycles. The summed E-state index contributed by atoms with van der Waals surface area (Å²) in [7, 11) is 0. The number of benzene rings is 1. The summed E-state index contributed by atoms with van der Waals surface area (Å²) in [4.78, 5) is 0. The molecule has 3 heteroatoms. The van der Waals surface area contributed by atoms with Crippen molar-refractivity contribution in [1.29, 1.82) is 0 Å². The second kappa shape index (κ2) is 4.99. The number of ether oxygens (including phenoxy) is 1. The summed E-state index contributed by atoms with van der Waals surface area (Å²) in [5, 5.41) is 3.42. The lowest BCUT2D eigenvalue weighted by Gasteiger charge is -2.25. The molecule has 2 fully saturated rings. The molecular weight excluding hydrogens is 278 g/mol. The molecule has 1 saturated carbocycles. The van der Waals surface area contributed by atoms with E-state index in [0.29, 0.717) is 12.0 Å². The maximum atomic E-state index is 6.02. The van der Waals surface area contributed by atoms with Gasteiger partial charge in [0.1, 0.15) is 5.75 Å². The van der Waals surface area contributed by atoms with Crippen molar-refractivity contribution in [3.63, 3.8) is 0 Å². The zero-order valence-electron chi connectivity index (χ0n) is 9.92. The Morgan fingerprint density at radius 2 is 1.88 bits per heavy atom. The molecule has 1 saturated heterocycles. The normalized spacial score (nSPS) is 21.5. The summed E-state index contributed by atoms with van der Waals surface area (Å²) in [6, 6.07) is 6.45. The predicted molar refractivity (Wildman–Crippen MR) is 72.6 cm³/mol. The maximum absolute atomic E-state index is 6.02. The van der Waals surface area contributed by atoms with Gasteiger partial charge in [0.15, 0.2) is 0 Å². The van der Waals surface area contributed by atoms with Gasteiger partial charge in [-0.2, -0.15) is 0 Å². The standard InChI is InChI=1S/C14H18BrNO/c15-11-1-4-14(17-12-2-3-12)13(9-11)10-5-7-16-8-6-10/h1,4,9-10,12,16H,2-3,5-8H2. The number of hydrogen-bond donors (Lipinski definition) is 1. The molecule has 1 heterocycles. The molecule has 17 heavy (non-hydrogen) atoms. The van der Waals surface area contributed by atoms with E-state index in [-0.39, 0.29) is 0 Å². The average Bonchev–Trinajstić information content (AvgIpc) is 3.17. The molecule has 92 valence electrons. The Morgan fingerprint density at radius 1 is 1.12 bits per heavy atom. The Labute approximate surface area is 111 Å². The Morgan fingerprint density at radius 3 is 2.59 bits per heavy atom. The molecule has 0 spiro atoms. The zero-order valence-corrected chi connectivity index (χ0v) is 11.5. The summed E-state index contributed by atoms with van der Waals surface area (Å²) in [6.07, 6.45) is 5.37. The van der Waals surface area contributed by atoms with Gasteiger partial charge in [0.25, 0.3) is 0 Å². The van der Waals surface area contributed by atoms with Crippen molar-refractivity contribution in [2.75, 3.05) is 13.1 Å². The quantitative estimate of drug-likeness (QED) is 0.922. The molecule has 0 atom stereocenters. The Balaban J connectivity index is 1.85. The summed E-state index contributed by atoms with van der Waals surface area (Å²) in [5.74, 6) is 1.77. The van der Waals surface area contributed by atoms with Crippen molar-refractivity contribution < 1.29 is 4.74 Å². The van der Waals surface area contributed by atoms with Crippen LogP contribution in [0.25, 0.3) is 0 Å². The van der Waals surface area contributed by atoms with Crippen LogP contribution in [0.2, 0.25) is 0 Å². The van der Waals surface area contributed by atoms with Gasteiger partial charge in [-0.25, -0.2) is 0 Å². The molecule has 1 aromatic carbocycles. The molecule has 1 aliphatic heterocycles. The molecule has 2 nitrogen and oxygen atoms in total. The van der Waals surface area contributed by atoms with Crippen LogP contribution in [-0.2, 0) is 0 Å². The molecule has 0 bridgehead atoms. The van der Waals surface area contributed by atoms with E-state index in [1.807, 2.05) is 0 Å². The lowest BCUT2D eigenvalue weighted by molar-refractivity contribution is 0.295. The molecule has 3 rings (SSSR count). The van der Waals surface area contributed by atoms with Gasteiger partial charge in [-0.05, 0) is 68.5 Å². The lowest BCUT2D eigenvalue weighted by atomic mass is 9.89. The number of piperidine rings is 1. The van der Waals surface area contributed by atoms with E-state index < -0.39 is 0 Å². The van der Waals surface area contributed by atoms with Gasteiger partial charge in [-0.15, -0.1) is 0 Å². The molecule has 1 N–H and O–H groups in total. The topological polar surface area (TPSA) is 21.3 Å². The Hall–Kier alpha value is -0.540. The SMILES string of the molecule is Brc1ccc(OC2CC2)c(C2CCNCC2)c1. The predicted octanol–water partition coefficient (Wildman–Crippen LogP) is 3.46. The minimum atomic E-state index is 0.483. The van der Waals surface area contributed by atoms with E-state index in [1.165, 1.54) is 31.2 Å². The van der Waals surface area contributed by atoms with Crippen LogP contribution in [-0.4, -0.2) is 19.2 Å². The number of rotatable bonds is 3. The first-order chi connectivity index (χ1) is 8.33. The van der Waals surface area contributed by atoms with E-state index in [4.69, 9.17) is 4.74 Å². The number of nitrogens with one attached hydrogen (secondary N) is 1. The van der Waals surface area contributed by atoms with Crippen molar-refractivity contribution in [3.8, 4) is 5.75 Å². The van der Waals surface area contributed by atoms with Crippen LogP contribution in [0, 0.1) is 0 Å². The molecule has 1 aliphatic carbocycles. The van der Waals surface area contributed by atoms with Crippen molar-refractivity contribution in [2.45, 2.75) is 37.7 Å². The van der Waals surface area contributed by atoms with E-state index in [1.54, 1.807) is 0 Å². The largest absolute Gasteiger partial charge is 0.490 e. The Kier molecular flexibility index (Phi) is 3.39. The van der Waals surface area contributed by atoms with Crippen LogP contribution < -0.4 is 10.1 Å². The highest BCUT2D eigenvalue weighted by Crippen LogP contribution is 2.37. The van der Waals surface area contributed by atoms with Crippen molar-refractivity contribution in [2.24, 2.45) is 0 Å². The first kappa shape index (κ1) is 11.5. The minimum Gasteiger partial charge on any atom is -0.490 e. The van der Waals surface area contributed by atoms with Crippen LogP contribution >= 0.6 is 15.9 Å². The van der Waals surface area contributed by atoms with Crippen LogP contribution in [0.1, 0.15) is 37.2 Å². The number of hydrogen-bond acceptors (Lipinski definition) is 2. The minimum absolute atomic E-state index is 0.483. The van der Waals surface area contributed by atoms with Crippen LogP contribution in [0.4, 0.5) is 0 Å². The number of halogens is 1. The molecule has 0 radical (unpaired) electrons. The third-order valence-corrected chi connectivity index (χ3v) is 4.06. The van der Waals surface area contributed by atoms with Crippen molar-refractivity contribution in [3.05, 3.63) is 28.2 Å². The maximum Gasteiger partial charge on any atom is 0.123 e. The lowest BCUT2D eigenvalue weighted by Crippen LogP contribution is -2.26. The van der Waals surface area contributed by atoms with Gasteiger partial charge >= 0.3 is 0 Å². The summed E-state index contributed by atoms with van der Waals surface area (Å²) in [6.45, 7) is 2.25. The van der Waals surface area contributed by atoms with Crippen LogP contribution in [0.3, 0.4) is 0 Å². The van der Waals surface area contributed by atoms with Crippen molar-refractivity contribution >= 4 is 15.9 Å². The van der Waals surface area contributed by atoms with Gasteiger partial charge < -0.3 is 10.1 Å². The van der Waals surface area contributed by atoms with Crippen molar-refractivity contribution in [1.82, 2.24) is 5.32 Å². The fourth-order valence-electron chi connectivity index (χ4n) is 2.44. The summed E-state index contributed by atoms with van der Waals surface area (Å²) >= 11 is 3.57. The second-order valence-corrected chi connectivity index (χ2v) is 5.94. The highest BCUT2D eigenvalue weighted by molar-refractivity contribution is 9.10. The van der Waals surface area contributed by atoms with Gasteiger partial charge in [-0.1, -0.05) is 15.9 Å². The molecule has 1 aromatic rings. The van der Waals surface area contributed by atoms with E-state index in [2.05, 4.69) is 39.4 Å². The third-order valence-electron chi connectivity index (χ3n) is 3.57. The molecule has 0 amide bonds. The van der Waals surface area contributed by atoms with Gasteiger partial charge in [-0.3, -0.25) is 0 Å². The van der Waals surface area contributed by atoms with E-state index in [0.717, 1.165) is 23.3 Å². The molecule has 0 unspecified atom stereocenters. The highest BCUT2D eigenvalue weighted by Gasteiger charge is 2.26. The van der Waals surface area contributed by atoms with Crippen LogP contribution in [0.15, 0.2) is 22.7 Å². The highest BCUT2D eigenvalue weighted by atomic mass is 79.9. The van der Waals surface area contributed by atoms with Gasteiger partial charge in [0, 0.05) is 4.47 Å². The first-order valence-electron chi connectivity index (χ1n) is 6.50. The third kappa shape index (κ3) is 2.83. The molecule has 2 aliphatic rings. The first-order valence-corrected chi connectivity index (χ1v) is 7.29. The van der Waals surface area contributed by atoms with Gasteiger partial charge in [0.05, 0.1) is 6.10 Å².